The molecule has 0 spiro atoms. The molecule has 1 rings (SSSR count). The molecule has 0 amide bonds. The van der Waals surface area contributed by atoms with Crippen LogP contribution < -0.4 is 0 Å². The van der Waals surface area contributed by atoms with E-state index >= 15 is 0 Å². The predicted molar refractivity (Wildman–Crippen MR) is 37.4 cm³/mol. The largest absolute Gasteiger partial charge is 0.480 e. The Morgan fingerprint density at radius 3 is 2.80 bits per heavy atom. The average Bonchev–Trinajstić information content (AvgIpc) is 1.90. The summed E-state index contributed by atoms with van der Waals surface area (Å²) in [6.45, 7) is 0.248. The van der Waals surface area contributed by atoms with Crippen LogP contribution >= 0.6 is 12.4 Å². The van der Waals surface area contributed by atoms with E-state index in [1.165, 1.54) is 12.4 Å². The van der Waals surface area contributed by atoms with Gasteiger partial charge in [-0.1, -0.05) is 0 Å². The predicted octanol–water partition coefficient (Wildman–Crippen LogP) is 0.435. The van der Waals surface area contributed by atoms with Gasteiger partial charge in [-0.2, -0.15) is 0 Å². The van der Waals surface area contributed by atoms with Crippen LogP contribution in [0.5, 0.6) is 0 Å². The molecule has 0 aromatic carbocycles. The van der Waals surface area contributed by atoms with E-state index in [1.807, 2.05) is 0 Å². The van der Waals surface area contributed by atoms with Crippen molar-refractivity contribution in [3.05, 3.63) is 12.0 Å². The smallest absolute Gasteiger partial charge is 0.372 e. The van der Waals surface area contributed by atoms with E-state index in [0.717, 1.165) is 0 Å². The van der Waals surface area contributed by atoms with Crippen LogP contribution in [0.3, 0.4) is 0 Å². The molecule has 0 radical (unpaired) electrons. The fraction of sp³-hybridized carbons (Fsp3) is 0.200. The molecule has 0 aromatic rings. The van der Waals surface area contributed by atoms with Gasteiger partial charge in [0.05, 0.1) is 6.20 Å². The Morgan fingerprint density at radius 2 is 2.50 bits per heavy atom. The molecule has 10 heavy (non-hydrogen) atoms. The summed E-state index contributed by atoms with van der Waals surface area (Å²) >= 11 is 0. The van der Waals surface area contributed by atoms with Crippen LogP contribution in [-0.2, 0) is 9.53 Å². The first-order valence-electron chi connectivity index (χ1n) is 2.38. The number of hydrogen-bond donors (Lipinski definition) is 1. The summed E-state index contributed by atoms with van der Waals surface area (Å²) in [7, 11) is 0. The van der Waals surface area contributed by atoms with Gasteiger partial charge in [0.1, 0.15) is 6.61 Å². The summed E-state index contributed by atoms with van der Waals surface area (Å²) in [5.41, 5.74) is 0. The second kappa shape index (κ2) is 3.90. The Kier molecular flexibility index (Phi) is 3.49. The quantitative estimate of drug-likeness (QED) is 0.610. The van der Waals surface area contributed by atoms with Crippen LogP contribution in [-0.4, -0.2) is 23.9 Å². The normalized spacial score (nSPS) is 14.6. The zero-order valence-electron chi connectivity index (χ0n) is 4.98. The first-order chi connectivity index (χ1) is 4.30. The van der Waals surface area contributed by atoms with Gasteiger partial charge in [-0.25, -0.2) is 4.79 Å². The lowest BCUT2D eigenvalue weighted by molar-refractivity contribution is -0.136. The Morgan fingerprint density at radius 1 is 1.80 bits per heavy atom. The van der Waals surface area contributed by atoms with Crippen LogP contribution in [0.1, 0.15) is 0 Å². The minimum Gasteiger partial charge on any atom is -0.480 e. The third kappa shape index (κ3) is 2.06. The summed E-state index contributed by atoms with van der Waals surface area (Å²) in [6, 6.07) is 0. The highest BCUT2D eigenvalue weighted by Gasteiger charge is 2.08. The number of hydrogen-bond acceptors (Lipinski definition) is 3. The van der Waals surface area contributed by atoms with Crippen LogP contribution in [0.15, 0.2) is 17.0 Å². The van der Waals surface area contributed by atoms with E-state index in [-0.39, 0.29) is 24.8 Å². The molecule has 5 heteroatoms. The summed E-state index contributed by atoms with van der Waals surface area (Å²) in [6.07, 6.45) is 2.66. The second-order valence-electron chi connectivity index (χ2n) is 1.44. The van der Waals surface area contributed by atoms with Crippen LogP contribution in [0, 0.1) is 0 Å². The van der Waals surface area contributed by atoms with Crippen molar-refractivity contribution < 1.29 is 14.6 Å². The fourth-order valence-corrected chi connectivity index (χ4v) is 0.445. The number of carboxylic acid groups (broad SMARTS) is 1. The molecule has 0 fully saturated rings. The number of carboxylic acids is 1. The number of nitrogens with zero attached hydrogens (tertiary/aromatic N) is 1. The number of halogens is 1. The molecule has 4 nitrogen and oxygen atoms in total. The minimum absolute atomic E-state index is 0. The second-order valence-corrected chi connectivity index (χ2v) is 1.44. The van der Waals surface area contributed by atoms with Crippen molar-refractivity contribution in [1.29, 1.82) is 0 Å². The molecule has 1 N–H and O–H groups in total. The molecule has 0 aliphatic carbocycles. The SMILES string of the molecule is Cl.O=C(O)C1=CN=CCO1. The van der Waals surface area contributed by atoms with E-state index in [9.17, 15) is 4.79 Å². The van der Waals surface area contributed by atoms with E-state index in [1.54, 1.807) is 0 Å². The Labute approximate surface area is 63.6 Å². The zero-order valence-corrected chi connectivity index (χ0v) is 5.80. The van der Waals surface area contributed by atoms with Crippen molar-refractivity contribution in [2.24, 2.45) is 4.99 Å². The first kappa shape index (κ1) is 8.97. The van der Waals surface area contributed by atoms with Gasteiger partial charge in [0, 0.05) is 6.21 Å². The lowest BCUT2D eigenvalue weighted by atomic mass is 10.5. The summed E-state index contributed by atoms with van der Waals surface area (Å²) in [4.78, 5) is 13.7. The molecule has 1 aliphatic heterocycles. The van der Waals surface area contributed by atoms with E-state index < -0.39 is 5.97 Å². The highest BCUT2D eigenvalue weighted by atomic mass is 35.5. The fourth-order valence-electron chi connectivity index (χ4n) is 0.445. The van der Waals surface area contributed by atoms with Crippen molar-refractivity contribution in [1.82, 2.24) is 0 Å². The zero-order chi connectivity index (χ0) is 6.69. The molecule has 0 unspecified atom stereocenters. The van der Waals surface area contributed by atoms with Crippen LogP contribution in [0.25, 0.3) is 0 Å². The monoisotopic (exact) mass is 163 g/mol. The highest BCUT2D eigenvalue weighted by Crippen LogP contribution is 1.99. The Bertz CT molecular complexity index is 187. The number of aliphatic imine (C=N–C) groups is 1. The van der Waals surface area contributed by atoms with Crippen molar-refractivity contribution in [3.63, 3.8) is 0 Å². The van der Waals surface area contributed by atoms with Gasteiger partial charge in [0.25, 0.3) is 0 Å². The van der Waals surface area contributed by atoms with Gasteiger partial charge in [0.15, 0.2) is 0 Å². The molecule has 0 bridgehead atoms. The van der Waals surface area contributed by atoms with E-state index in [2.05, 4.69) is 9.73 Å². The maximum absolute atomic E-state index is 10.1. The van der Waals surface area contributed by atoms with Crippen LogP contribution in [0.4, 0.5) is 0 Å². The molecule has 0 atom stereocenters. The number of ether oxygens (including phenoxy) is 1. The summed E-state index contributed by atoms with van der Waals surface area (Å²) < 4.78 is 4.65. The average molecular weight is 164 g/mol. The first-order valence-corrected chi connectivity index (χ1v) is 2.38. The topological polar surface area (TPSA) is 58.9 Å². The molecule has 1 aliphatic rings. The molecular weight excluding hydrogens is 158 g/mol. The maximum atomic E-state index is 10.1. The molecule has 0 aromatic heterocycles. The number of aliphatic carboxylic acids is 1. The van der Waals surface area contributed by atoms with Gasteiger partial charge >= 0.3 is 5.97 Å². The van der Waals surface area contributed by atoms with Gasteiger partial charge in [-0.15, -0.1) is 12.4 Å². The molecule has 56 valence electrons. The van der Waals surface area contributed by atoms with Crippen LogP contribution in [0.2, 0.25) is 0 Å². The maximum Gasteiger partial charge on any atom is 0.372 e. The Balaban J connectivity index is 0.000000810. The third-order valence-electron chi connectivity index (χ3n) is 0.821. The van der Waals surface area contributed by atoms with E-state index in [4.69, 9.17) is 5.11 Å². The summed E-state index contributed by atoms with van der Waals surface area (Å²) in [5.74, 6) is -1.18. The lowest BCUT2D eigenvalue weighted by Gasteiger charge is -2.04. The molecular formula is C5H6ClNO3. The van der Waals surface area contributed by atoms with Crippen molar-refractivity contribution in [2.45, 2.75) is 0 Å². The summed E-state index contributed by atoms with van der Waals surface area (Å²) in [5, 5.41) is 8.27. The molecule has 1 heterocycles. The molecule has 0 saturated carbocycles. The van der Waals surface area contributed by atoms with Gasteiger partial charge < -0.3 is 9.84 Å². The third-order valence-corrected chi connectivity index (χ3v) is 0.821. The van der Waals surface area contributed by atoms with Gasteiger partial charge in [0.2, 0.25) is 5.76 Å². The van der Waals surface area contributed by atoms with Gasteiger partial charge in [-0.3, -0.25) is 4.99 Å². The van der Waals surface area contributed by atoms with E-state index in [0.29, 0.717) is 0 Å². The van der Waals surface area contributed by atoms with Crippen molar-refractivity contribution >= 4 is 24.6 Å². The highest BCUT2D eigenvalue weighted by molar-refractivity contribution is 5.85. The van der Waals surface area contributed by atoms with Crippen molar-refractivity contribution in [3.8, 4) is 0 Å². The Hall–Kier alpha value is -1.03. The number of rotatable bonds is 1. The van der Waals surface area contributed by atoms with Gasteiger partial charge in [-0.05, 0) is 0 Å². The lowest BCUT2D eigenvalue weighted by Crippen LogP contribution is -2.08. The standard InChI is InChI=1S/C5H5NO3.ClH/c7-5(8)4-3-6-1-2-9-4;/h1,3H,2H2,(H,7,8);1H. The van der Waals surface area contributed by atoms with Crippen molar-refractivity contribution in [2.75, 3.05) is 6.61 Å². The number of carbonyl (C=O) groups is 1. The molecule has 0 saturated heterocycles. The minimum atomic E-state index is -1.08.